The number of methoxy groups -OCH3 is 1. The third-order valence-corrected chi connectivity index (χ3v) is 2.46. The molecule has 0 unspecified atom stereocenters. The summed E-state index contributed by atoms with van der Waals surface area (Å²) < 4.78 is 16.0. The van der Waals surface area contributed by atoms with Crippen LogP contribution in [0.15, 0.2) is 24.3 Å². The lowest BCUT2D eigenvalue weighted by Crippen LogP contribution is -2.07. The van der Waals surface area contributed by atoms with E-state index in [0.29, 0.717) is 36.9 Å². The van der Waals surface area contributed by atoms with E-state index in [9.17, 15) is 4.79 Å². The molecule has 110 valence electrons. The van der Waals surface area contributed by atoms with Crippen molar-refractivity contribution in [3.8, 4) is 11.5 Å². The van der Waals surface area contributed by atoms with Crippen molar-refractivity contribution < 1.29 is 24.1 Å². The van der Waals surface area contributed by atoms with Crippen LogP contribution in [0.3, 0.4) is 0 Å². The molecule has 0 aliphatic heterocycles. The Morgan fingerprint density at radius 1 is 1.30 bits per heavy atom. The first-order valence-corrected chi connectivity index (χ1v) is 6.47. The molecule has 0 amide bonds. The summed E-state index contributed by atoms with van der Waals surface area (Å²) in [7, 11) is 1.55. The first-order valence-electron chi connectivity index (χ1n) is 6.47. The first-order chi connectivity index (χ1) is 9.67. The van der Waals surface area contributed by atoms with Crippen LogP contribution in [0.5, 0.6) is 11.5 Å². The second-order valence-corrected chi connectivity index (χ2v) is 4.04. The van der Waals surface area contributed by atoms with E-state index in [4.69, 9.17) is 19.3 Å². The van der Waals surface area contributed by atoms with E-state index in [-0.39, 0.29) is 0 Å². The van der Waals surface area contributed by atoms with E-state index in [1.165, 1.54) is 6.08 Å². The summed E-state index contributed by atoms with van der Waals surface area (Å²) in [6.45, 7) is 3.67. The third kappa shape index (κ3) is 5.75. The molecule has 0 aliphatic carbocycles. The van der Waals surface area contributed by atoms with Crippen molar-refractivity contribution in [3.05, 3.63) is 29.8 Å². The Balaban J connectivity index is 2.70. The highest BCUT2D eigenvalue weighted by Crippen LogP contribution is 2.25. The molecule has 0 fully saturated rings. The van der Waals surface area contributed by atoms with Crippen LogP contribution in [0.4, 0.5) is 0 Å². The number of carboxylic acids is 1. The lowest BCUT2D eigenvalue weighted by molar-refractivity contribution is -0.131. The lowest BCUT2D eigenvalue weighted by Gasteiger charge is -2.11. The Labute approximate surface area is 118 Å². The Kier molecular flexibility index (Phi) is 7.21. The van der Waals surface area contributed by atoms with Gasteiger partial charge in [0.2, 0.25) is 0 Å². The number of hydrogen-bond donors (Lipinski definition) is 1. The maximum Gasteiger partial charge on any atom is 0.328 e. The minimum absolute atomic E-state index is 0.417. The molecule has 1 N–H and O–H groups in total. The van der Waals surface area contributed by atoms with Crippen LogP contribution in [-0.2, 0) is 9.53 Å². The zero-order valence-electron chi connectivity index (χ0n) is 11.8. The van der Waals surface area contributed by atoms with E-state index in [1.54, 1.807) is 25.3 Å². The summed E-state index contributed by atoms with van der Waals surface area (Å²) in [6.07, 6.45) is 3.51. The van der Waals surface area contributed by atoms with Crippen LogP contribution in [-0.4, -0.2) is 38.0 Å². The van der Waals surface area contributed by atoms with Gasteiger partial charge in [-0.3, -0.25) is 0 Å². The molecule has 1 aromatic rings. The first kappa shape index (κ1) is 16.0. The lowest BCUT2D eigenvalue weighted by atomic mass is 10.1. The molecule has 0 atom stereocenters. The van der Waals surface area contributed by atoms with E-state index >= 15 is 0 Å². The topological polar surface area (TPSA) is 65.0 Å². The number of hydrogen-bond acceptors (Lipinski definition) is 4. The van der Waals surface area contributed by atoms with Crippen molar-refractivity contribution in [2.24, 2.45) is 0 Å². The van der Waals surface area contributed by atoms with Gasteiger partial charge in [-0.25, -0.2) is 4.79 Å². The van der Waals surface area contributed by atoms with Crippen molar-refractivity contribution in [2.75, 3.05) is 26.9 Å². The zero-order valence-corrected chi connectivity index (χ0v) is 11.8. The molecule has 0 bridgehead atoms. The molecule has 0 aromatic heterocycles. The fraction of sp³-hybridized carbons (Fsp3) is 0.400. The van der Waals surface area contributed by atoms with Crippen molar-refractivity contribution >= 4 is 12.0 Å². The molecule has 0 heterocycles. The SMILES string of the molecule is CCCOCCOc1ccc(OC)cc1/C=C/C(=O)O. The second-order valence-electron chi connectivity index (χ2n) is 4.04. The van der Waals surface area contributed by atoms with Gasteiger partial charge in [0.1, 0.15) is 18.1 Å². The summed E-state index contributed by atoms with van der Waals surface area (Å²) in [5.74, 6) is 0.234. The number of benzene rings is 1. The van der Waals surface area contributed by atoms with E-state index in [0.717, 1.165) is 12.5 Å². The van der Waals surface area contributed by atoms with Crippen LogP contribution >= 0.6 is 0 Å². The van der Waals surface area contributed by atoms with Crippen LogP contribution in [0.2, 0.25) is 0 Å². The molecule has 1 rings (SSSR count). The summed E-state index contributed by atoms with van der Waals surface area (Å²) in [4.78, 5) is 10.6. The van der Waals surface area contributed by atoms with Crippen LogP contribution < -0.4 is 9.47 Å². The molecular weight excluding hydrogens is 260 g/mol. The molecule has 0 spiro atoms. The Hall–Kier alpha value is -2.01. The van der Waals surface area contributed by atoms with Crippen molar-refractivity contribution in [1.82, 2.24) is 0 Å². The molecule has 0 saturated heterocycles. The molecule has 0 radical (unpaired) electrons. The fourth-order valence-corrected chi connectivity index (χ4v) is 1.53. The summed E-state index contributed by atoms with van der Waals surface area (Å²) in [5.41, 5.74) is 0.655. The largest absolute Gasteiger partial charge is 0.497 e. The van der Waals surface area contributed by atoms with Crippen molar-refractivity contribution in [3.63, 3.8) is 0 Å². The molecule has 0 saturated carbocycles. The van der Waals surface area contributed by atoms with Gasteiger partial charge in [-0.1, -0.05) is 6.92 Å². The average Bonchev–Trinajstić information content (AvgIpc) is 2.45. The van der Waals surface area contributed by atoms with Crippen molar-refractivity contribution in [2.45, 2.75) is 13.3 Å². The predicted molar refractivity (Wildman–Crippen MR) is 76.3 cm³/mol. The van der Waals surface area contributed by atoms with Crippen LogP contribution in [0, 0.1) is 0 Å². The van der Waals surface area contributed by atoms with Gasteiger partial charge in [0.05, 0.1) is 13.7 Å². The highest BCUT2D eigenvalue weighted by Gasteiger charge is 2.04. The number of aliphatic carboxylic acids is 1. The Morgan fingerprint density at radius 3 is 2.75 bits per heavy atom. The molecule has 1 aromatic carbocycles. The Morgan fingerprint density at radius 2 is 2.10 bits per heavy atom. The average molecular weight is 280 g/mol. The Bertz CT molecular complexity index is 454. The maximum absolute atomic E-state index is 10.6. The maximum atomic E-state index is 10.6. The summed E-state index contributed by atoms with van der Waals surface area (Å²) in [6, 6.07) is 5.24. The number of carboxylic acid groups (broad SMARTS) is 1. The number of rotatable bonds is 9. The monoisotopic (exact) mass is 280 g/mol. The molecule has 5 heteroatoms. The fourth-order valence-electron chi connectivity index (χ4n) is 1.53. The van der Waals surface area contributed by atoms with E-state index in [1.807, 2.05) is 6.92 Å². The third-order valence-electron chi connectivity index (χ3n) is 2.46. The van der Waals surface area contributed by atoms with Gasteiger partial charge in [0.25, 0.3) is 0 Å². The van der Waals surface area contributed by atoms with Gasteiger partial charge in [0.15, 0.2) is 0 Å². The molecular formula is C15H20O5. The molecule has 5 nitrogen and oxygen atoms in total. The van der Waals surface area contributed by atoms with Crippen molar-refractivity contribution in [1.29, 1.82) is 0 Å². The van der Waals surface area contributed by atoms with Gasteiger partial charge >= 0.3 is 5.97 Å². The van der Waals surface area contributed by atoms with Crippen LogP contribution in [0.1, 0.15) is 18.9 Å². The number of carbonyl (C=O) groups is 1. The minimum Gasteiger partial charge on any atom is -0.497 e. The molecule has 0 aliphatic rings. The smallest absolute Gasteiger partial charge is 0.328 e. The zero-order chi connectivity index (χ0) is 14.8. The molecule has 20 heavy (non-hydrogen) atoms. The normalized spacial score (nSPS) is 10.7. The van der Waals surface area contributed by atoms with Gasteiger partial charge in [0, 0.05) is 18.2 Å². The van der Waals surface area contributed by atoms with Gasteiger partial charge < -0.3 is 19.3 Å². The minimum atomic E-state index is -1.01. The van der Waals surface area contributed by atoms with Gasteiger partial charge in [-0.15, -0.1) is 0 Å². The summed E-state index contributed by atoms with van der Waals surface area (Å²) in [5, 5.41) is 8.69. The number of ether oxygens (including phenoxy) is 3. The van der Waals surface area contributed by atoms with E-state index in [2.05, 4.69) is 0 Å². The highest BCUT2D eigenvalue weighted by molar-refractivity contribution is 5.86. The standard InChI is InChI=1S/C15H20O5/c1-3-8-19-9-10-20-14-6-5-13(18-2)11-12(14)4-7-15(16)17/h4-7,11H,3,8-10H2,1-2H3,(H,16,17)/b7-4+. The van der Waals surface area contributed by atoms with Crippen LogP contribution in [0.25, 0.3) is 6.08 Å². The second kappa shape index (κ2) is 8.98. The quantitative estimate of drug-likeness (QED) is 0.556. The van der Waals surface area contributed by atoms with Gasteiger partial charge in [-0.2, -0.15) is 0 Å². The highest BCUT2D eigenvalue weighted by atomic mass is 16.5. The predicted octanol–water partition coefficient (Wildman–Crippen LogP) is 2.60. The summed E-state index contributed by atoms with van der Waals surface area (Å²) >= 11 is 0. The van der Waals surface area contributed by atoms with E-state index < -0.39 is 5.97 Å². The van der Waals surface area contributed by atoms with Gasteiger partial charge in [-0.05, 0) is 30.7 Å².